The van der Waals surface area contributed by atoms with Gasteiger partial charge in [0.15, 0.2) is 11.9 Å². The lowest BCUT2D eigenvalue weighted by Crippen LogP contribution is -2.38. The maximum Gasteiger partial charge on any atom is 0.261 e. The molecule has 6 heteroatoms. The molecule has 1 heterocycles. The highest BCUT2D eigenvalue weighted by Crippen LogP contribution is 2.15. The third kappa shape index (κ3) is 6.04. The van der Waals surface area contributed by atoms with Crippen LogP contribution < -0.4 is 15.4 Å². The van der Waals surface area contributed by atoms with E-state index < -0.39 is 6.10 Å². The van der Waals surface area contributed by atoms with E-state index in [1.807, 2.05) is 0 Å². The summed E-state index contributed by atoms with van der Waals surface area (Å²) in [6.07, 6.45) is 2.45. The zero-order chi connectivity index (χ0) is 15.9. The molecule has 1 aromatic carbocycles. The van der Waals surface area contributed by atoms with E-state index in [1.165, 1.54) is 12.5 Å². The molecule has 1 atom stereocenters. The predicted molar refractivity (Wildman–Crippen MR) is 92.4 cm³/mol. The van der Waals surface area contributed by atoms with Gasteiger partial charge in [-0.15, -0.1) is 12.4 Å². The van der Waals surface area contributed by atoms with Gasteiger partial charge in [-0.3, -0.25) is 9.59 Å². The van der Waals surface area contributed by atoms with Gasteiger partial charge < -0.3 is 15.4 Å². The minimum Gasteiger partial charge on any atom is -0.481 e. The summed E-state index contributed by atoms with van der Waals surface area (Å²) in [5, 5.41) is 6.11. The molecule has 1 aliphatic heterocycles. The standard InChI is InChI=1S/C17H22N2O3.ClH/c1-12(20)15-4-3-5-16(10-15)22-13(2)17(21)19-11-14-6-8-18-9-7-14;/h3-6,10,13,18H,7-9,11H2,1-2H3,(H,19,21);1H. The number of hydrogen-bond donors (Lipinski definition) is 2. The molecule has 0 spiro atoms. The number of rotatable bonds is 6. The van der Waals surface area contributed by atoms with Gasteiger partial charge in [0.25, 0.3) is 5.91 Å². The summed E-state index contributed by atoms with van der Waals surface area (Å²) in [6.45, 7) is 5.57. The van der Waals surface area contributed by atoms with E-state index >= 15 is 0 Å². The lowest BCUT2D eigenvalue weighted by atomic mass is 10.1. The highest BCUT2D eigenvalue weighted by molar-refractivity contribution is 5.94. The normalized spacial score (nSPS) is 15.0. The summed E-state index contributed by atoms with van der Waals surface area (Å²) in [4.78, 5) is 23.4. The molecule has 0 saturated carbocycles. The van der Waals surface area contributed by atoms with Crippen LogP contribution in [-0.2, 0) is 4.79 Å². The van der Waals surface area contributed by atoms with E-state index in [1.54, 1.807) is 31.2 Å². The quantitative estimate of drug-likeness (QED) is 0.616. The highest BCUT2D eigenvalue weighted by atomic mass is 35.5. The van der Waals surface area contributed by atoms with Gasteiger partial charge in [-0.2, -0.15) is 0 Å². The fourth-order valence-corrected chi connectivity index (χ4v) is 2.22. The van der Waals surface area contributed by atoms with Crippen molar-refractivity contribution in [1.82, 2.24) is 10.6 Å². The van der Waals surface area contributed by atoms with Gasteiger partial charge in [0.2, 0.25) is 0 Å². The fraction of sp³-hybridized carbons (Fsp3) is 0.412. The lowest BCUT2D eigenvalue weighted by molar-refractivity contribution is -0.127. The molecule has 5 nitrogen and oxygen atoms in total. The zero-order valence-corrected chi connectivity index (χ0v) is 14.2. The molecule has 0 radical (unpaired) electrons. The minimum absolute atomic E-state index is 0. The molecule has 0 saturated heterocycles. The first-order valence-corrected chi connectivity index (χ1v) is 7.50. The van der Waals surface area contributed by atoms with Crippen LogP contribution in [0, 0.1) is 0 Å². The van der Waals surface area contributed by atoms with Crippen LogP contribution in [-0.4, -0.2) is 37.4 Å². The molecule has 0 aliphatic carbocycles. The molecule has 1 aromatic rings. The second kappa shape index (κ2) is 9.33. The number of nitrogens with one attached hydrogen (secondary N) is 2. The van der Waals surface area contributed by atoms with Crippen molar-refractivity contribution in [3.05, 3.63) is 41.5 Å². The number of halogens is 1. The van der Waals surface area contributed by atoms with Gasteiger partial charge in [-0.05, 0) is 38.9 Å². The van der Waals surface area contributed by atoms with Crippen LogP contribution in [0.3, 0.4) is 0 Å². The van der Waals surface area contributed by atoms with Crippen molar-refractivity contribution in [1.29, 1.82) is 0 Å². The van der Waals surface area contributed by atoms with Crippen LogP contribution in [0.5, 0.6) is 5.75 Å². The molecular weight excluding hydrogens is 316 g/mol. The first kappa shape index (κ1) is 19.2. The molecule has 23 heavy (non-hydrogen) atoms. The van der Waals surface area contributed by atoms with E-state index in [9.17, 15) is 9.59 Å². The van der Waals surface area contributed by atoms with Crippen molar-refractivity contribution in [2.75, 3.05) is 19.6 Å². The topological polar surface area (TPSA) is 67.4 Å². The molecular formula is C17H23ClN2O3. The summed E-state index contributed by atoms with van der Waals surface area (Å²) in [5.74, 6) is 0.337. The van der Waals surface area contributed by atoms with Gasteiger partial charge in [0.05, 0.1) is 0 Å². The smallest absolute Gasteiger partial charge is 0.261 e. The van der Waals surface area contributed by atoms with E-state index in [0.717, 1.165) is 19.5 Å². The second-order valence-electron chi connectivity index (χ2n) is 5.38. The Labute approximate surface area is 142 Å². The number of ketones is 1. The number of Topliss-reactive ketones (excluding diaryl/α,β-unsaturated/α-hetero) is 1. The lowest BCUT2D eigenvalue weighted by Gasteiger charge is -2.18. The molecule has 2 N–H and O–H groups in total. The number of hydrogen-bond acceptors (Lipinski definition) is 4. The maximum absolute atomic E-state index is 12.1. The van der Waals surface area contributed by atoms with Crippen LogP contribution in [0.25, 0.3) is 0 Å². The summed E-state index contributed by atoms with van der Waals surface area (Å²) >= 11 is 0. The van der Waals surface area contributed by atoms with Crippen molar-refractivity contribution in [3.63, 3.8) is 0 Å². The van der Waals surface area contributed by atoms with Crippen LogP contribution in [0.2, 0.25) is 0 Å². The average molecular weight is 339 g/mol. The first-order valence-electron chi connectivity index (χ1n) is 7.50. The molecule has 1 amide bonds. The van der Waals surface area contributed by atoms with Crippen molar-refractivity contribution < 1.29 is 14.3 Å². The molecule has 2 rings (SSSR count). The Morgan fingerprint density at radius 3 is 2.83 bits per heavy atom. The molecule has 1 aliphatic rings. The van der Waals surface area contributed by atoms with Gasteiger partial charge in [-0.1, -0.05) is 23.8 Å². The number of amides is 1. The van der Waals surface area contributed by atoms with Crippen molar-refractivity contribution >= 4 is 24.1 Å². The Balaban J connectivity index is 0.00000264. The van der Waals surface area contributed by atoms with Gasteiger partial charge in [0, 0.05) is 18.7 Å². The Kier molecular flexibility index (Phi) is 7.78. The largest absolute Gasteiger partial charge is 0.481 e. The third-order valence-corrected chi connectivity index (χ3v) is 3.57. The molecule has 0 bridgehead atoms. The molecule has 0 aromatic heterocycles. The zero-order valence-electron chi connectivity index (χ0n) is 13.4. The Hall–Kier alpha value is -1.85. The fourth-order valence-electron chi connectivity index (χ4n) is 2.22. The van der Waals surface area contributed by atoms with Crippen molar-refractivity contribution in [2.24, 2.45) is 0 Å². The summed E-state index contributed by atoms with van der Waals surface area (Å²) in [7, 11) is 0. The van der Waals surface area contributed by atoms with Crippen LogP contribution in [0.4, 0.5) is 0 Å². The summed E-state index contributed by atoms with van der Waals surface area (Å²) < 4.78 is 5.61. The molecule has 1 unspecified atom stereocenters. The number of ether oxygens (including phenoxy) is 1. The Bertz CT molecular complexity index is 587. The van der Waals surface area contributed by atoms with Gasteiger partial charge in [-0.25, -0.2) is 0 Å². The maximum atomic E-state index is 12.1. The van der Waals surface area contributed by atoms with Crippen molar-refractivity contribution in [3.8, 4) is 5.75 Å². The van der Waals surface area contributed by atoms with Gasteiger partial charge >= 0.3 is 0 Å². The summed E-state index contributed by atoms with van der Waals surface area (Å²) in [5.41, 5.74) is 1.81. The van der Waals surface area contributed by atoms with E-state index in [2.05, 4.69) is 16.7 Å². The second-order valence-corrected chi connectivity index (χ2v) is 5.38. The number of benzene rings is 1. The monoisotopic (exact) mass is 338 g/mol. The first-order chi connectivity index (χ1) is 10.6. The van der Waals surface area contributed by atoms with E-state index in [-0.39, 0.29) is 24.1 Å². The van der Waals surface area contributed by atoms with E-state index in [0.29, 0.717) is 17.9 Å². The molecule has 126 valence electrons. The summed E-state index contributed by atoms with van der Waals surface area (Å²) in [6, 6.07) is 6.87. The van der Waals surface area contributed by atoms with Gasteiger partial charge in [0.1, 0.15) is 5.75 Å². The minimum atomic E-state index is -0.607. The van der Waals surface area contributed by atoms with Crippen LogP contribution in [0.1, 0.15) is 30.6 Å². The number of carbonyl (C=O) groups excluding carboxylic acids is 2. The van der Waals surface area contributed by atoms with Crippen LogP contribution >= 0.6 is 12.4 Å². The Morgan fingerprint density at radius 1 is 1.39 bits per heavy atom. The molecule has 0 fully saturated rings. The number of carbonyl (C=O) groups is 2. The third-order valence-electron chi connectivity index (χ3n) is 3.57. The average Bonchev–Trinajstić information content (AvgIpc) is 2.53. The SMILES string of the molecule is CC(=O)c1cccc(OC(C)C(=O)NCC2=CCNCC2)c1.Cl. The highest BCUT2D eigenvalue weighted by Gasteiger charge is 2.15. The van der Waals surface area contributed by atoms with E-state index in [4.69, 9.17) is 4.74 Å². The Morgan fingerprint density at radius 2 is 2.17 bits per heavy atom. The predicted octanol–water partition coefficient (Wildman–Crippen LogP) is 2.11. The van der Waals surface area contributed by atoms with Crippen molar-refractivity contribution in [2.45, 2.75) is 26.4 Å². The van der Waals surface area contributed by atoms with Crippen LogP contribution in [0.15, 0.2) is 35.9 Å².